The molecule has 110 valence electrons. The molecule has 2 heterocycles. The number of imidazole rings is 1. The van der Waals surface area contributed by atoms with Crippen LogP contribution in [0.25, 0.3) is 11.3 Å². The highest BCUT2D eigenvalue weighted by molar-refractivity contribution is 9.10. The number of rotatable bonds is 3. The molecule has 2 aromatic heterocycles. The second-order valence-electron chi connectivity index (χ2n) is 4.41. The summed E-state index contributed by atoms with van der Waals surface area (Å²) in [5, 5.41) is 2.70. The van der Waals surface area contributed by atoms with Gasteiger partial charge in [0.15, 0.2) is 0 Å². The highest BCUT2D eigenvalue weighted by Crippen LogP contribution is 2.18. The smallest absolute Gasteiger partial charge is 0.319 e. The molecule has 8 heteroatoms. The maximum absolute atomic E-state index is 12.0. The molecule has 7 nitrogen and oxygen atoms in total. The Morgan fingerprint density at radius 2 is 1.82 bits per heavy atom. The van der Waals surface area contributed by atoms with E-state index in [1.165, 1.54) is 12.4 Å². The fraction of sp³-hybridized carbons (Fsp3) is 0. The first-order valence-corrected chi connectivity index (χ1v) is 7.08. The van der Waals surface area contributed by atoms with Crippen LogP contribution in [0.5, 0.6) is 0 Å². The molecule has 0 saturated heterocycles. The molecule has 1 amide bonds. The maximum atomic E-state index is 12.0. The van der Waals surface area contributed by atoms with Crippen LogP contribution in [0, 0.1) is 0 Å². The van der Waals surface area contributed by atoms with Gasteiger partial charge in [0.1, 0.15) is 0 Å². The van der Waals surface area contributed by atoms with E-state index in [2.05, 4.69) is 41.2 Å². The van der Waals surface area contributed by atoms with Gasteiger partial charge in [0, 0.05) is 24.3 Å². The van der Waals surface area contributed by atoms with Crippen LogP contribution in [0.4, 0.5) is 5.69 Å². The van der Waals surface area contributed by atoms with Gasteiger partial charge < -0.3 is 15.3 Å². The van der Waals surface area contributed by atoms with Crippen LogP contribution in [0.1, 0.15) is 10.6 Å². The number of aromatic nitrogens is 4. The van der Waals surface area contributed by atoms with Crippen LogP contribution >= 0.6 is 15.9 Å². The molecule has 0 atom stereocenters. The van der Waals surface area contributed by atoms with Crippen molar-refractivity contribution >= 4 is 27.5 Å². The van der Waals surface area contributed by atoms with E-state index in [1.54, 1.807) is 30.5 Å². The van der Waals surface area contributed by atoms with Gasteiger partial charge in [-0.05, 0) is 33.6 Å². The summed E-state index contributed by atoms with van der Waals surface area (Å²) in [6.07, 6.45) is 4.60. The molecular formula is C14H10BrN5O2. The van der Waals surface area contributed by atoms with E-state index in [1.807, 2.05) is 0 Å². The lowest BCUT2D eigenvalue weighted by atomic mass is 10.1. The normalized spacial score (nSPS) is 10.4. The summed E-state index contributed by atoms with van der Waals surface area (Å²) < 4.78 is 0.703. The van der Waals surface area contributed by atoms with Crippen molar-refractivity contribution < 1.29 is 4.79 Å². The first kappa shape index (κ1) is 14.2. The number of carbonyl (C=O) groups is 1. The Hall–Kier alpha value is -2.74. The van der Waals surface area contributed by atoms with E-state index in [-0.39, 0.29) is 11.5 Å². The molecule has 3 aromatic rings. The Kier molecular flexibility index (Phi) is 3.84. The number of nitrogens with zero attached hydrogens (tertiary/aromatic N) is 2. The van der Waals surface area contributed by atoms with Crippen molar-refractivity contribution in [2.75, 3.05) is 5.32 Å². The molecular weight excluding hydrogens is 350 g/mol. The summed E-state index contributed by atoms with van der Waals surface area (Å²) in [5.41, 5.74) is 1.85. The van der Waals surface area contributed by atoms with Crippen LogP contribution in [0.15, 0.2) is 52.1 Å². The molecule has 3 rings (SSSR count). The van der Waals surface area contributed by atoms with Crippen molar-refractivity contribution in [2.45, 2.75) is 0 Å². The maximum Gasteiger partial charge on any atom is 0.323 e. The minimum atomic E-state index is -0.393. The predicted molar refractivity (Wildman–Crippen MR) is 84.5 cm³/mol. The zero-order valence-electron chi connectivity index (χ0n) is 11.1. The Bertz CT molecular complexity index is 852. The first-order chi connectivity index (χ1) is 10.6. The van der Waals surface area contributed by atoms with Crippen LogP contribution in [0.2, 0.25) is 0 Å². The van der Waals surface area contributed by atoms with Gasteiger partial charge in [-0.2, -0.15) is 0 Å². The monoisotopic (exact) mass is 359 g/mol. The Labute approximate surface area is 133 Å². The summed E-state index contributed by atoms with van der Waals surface area (Å²) >= 11 is 3.21. The summed E-state index contributed by atoms with van der Waals surface area (Å²) in [4.78, 5) is 36.1. The van der Waals surface area contributed by atoms with Crippen LogP contribution in [0.3, 0.4) is 0 Å². The number of aromatic amines is 2. The van der Waals surface area contributed by atoms with E-state index >= 15 is 0 Å². The zero-order valence-corrected chi connectivity index (χ0v) is 12.7. The van der Waals surface area contributed by atoms with Crippen molar-refractivity contribution in [1.82, 2.24) is 19.9 Å². The molecule has 0 fully saturated rings. The Morgan fingerprint density at radius 1 is 1.14 bits per heavy atom. The number of hydrogen-bond donors (Lipinski definition) is 3. The van der Waals surface area contributed by atoms with Gasteiger partial charge in [0.25, 0.3) is 5.91 Å². The summed E-state index contributed by atoms with van der Waals surface area (Å²) in [6.45, 7) is 0. The summed E-state index contributed by atoms with van der Waals surface area (Å²) in [6, 6.07) is 7.04. The fourth-order valence-electron chi connectivity index (χ4n) is 1.84. The molecule has 0 bridgehead atoms. The number of carbonyl (C=O) groups excluding carboxylic acids is 1. The van der Waals surface area contributed by atoms with Crippen LogP contribution in [-0.2, 0) is 0 Å². The van der Waals surface area contributed by atoms with E-state index in [9.17, 15) is 9.59 Å². The standard InChI is InChI=1S/C14H10BrN5O2/c15-9-5-16-12(17-6-9)13(21)19-10-3-1-8(2-4-10)11-7-18-14(22)20-11/h1-7H,(H,19,21)(H2,18,20,22). The molecule has 0 aliphatic heterocycles. The van der Waals surface area contributed by atoms with E-state index < -0.39 is 5.91 Å². The number of hydrogen-bond acceptors (Lipinski definition) is 4. The first-order valence-electron chi connectivity index (χ1n) is 6.29. The number of nitrogens with one attached hydrogen (secondary N) is 3. The van der Waals surface area contributed by atoms with Crippen LogP contribution < -0.4 is 11.0 Å². The van der Waals surface area contributed by atoms with Gasteiger partial charge in [-0.25, -0.2) is 14.8 Å². The number of anilines is 1. The lowest BCUT2D eigenvalue weighted by Crippen LogP contribution is -2.15. The average molecular weight is 360 g/mol. The second-order valence-corrected chi connectivity index (χ2v) is 5.33. The van der Waals surface area contributed by atoms with Crippen molar-refractivity contribution in [2.24, 2.45) is 0 Å². The number of benzene rings is 1. The van der Waals surface area contributed by atoms with Gasteiger partial charge in [-0.1, -0.05) is 12.1 Å². The van der Waals surface area contributed by atoms with E-state index in [0.29, 0.717) is 15.9 Å². The van der Waals surface area contributed by atoms with Gasteiger partial charge >= 0.3 is 5.69 Å². The molecule has 22 heavy (non-hydrogen) atoms. The molecule has 0 aliphatic rings. The quantitative estimate of drug-likeness (QED) is 0.666. The highest BCUT2D eigenvalue weighted by Gasteiger charge is 2.09. The highest BCUT2D eigenvalue weighted by atomic mass is 79.9. The minimum absolute atomic E-state index is 0.0854. The second kappa shape index (κ2) is 5.94. The minimum Gasteiger partial charge on any atom is -0.319 e. The SMILES string of the molecule is O=C(Nc1ccc(-c2c[nH]c(=O)[nH]2)cc1)c1ncc(Br)cn1. The largest absolute Gasteiger partial charge is 0.323 e. The number of halogens is 1. The number of H-pyrrole nitrogens is 2. The van der Waals surface area contributed by atoms with Crippen molar-refractivity contribution in [3.63, 3.8) is 0 Å². The van der Waals surface area contributed by atoms with E-state index in [4.69, 9.17) is 0 Å². The van der Waals surface area contributed by atoms with Gasteiger partial charge in [0.2, 0.25) is 5.82 Å². The van der Waals surface area contributed by atoms with E-state index in [0.717, 1.165) is 5.56 Å². The molecule has 3 N–H and O–H groups in total. The third-order valence-electron chi connectivity index (χ3n) is 2.87. The van der Waals surface area contributed by atoms with Gasteiger partial charge in [-0.15, -0.1) is 0 Å². The Morgan fingerprint density at radius 3 is 2.41 bits per heavy atom. The molecule has 0 aliphatic carbocycles. The van der Waals surface area contributed by atoms with Crippen molar-refractivity contribution in [3.05, 3.63) is 63.6 Å². The summed E-state index contributed by atoms with van der Waals surface area (Å²) in [5.74, 6) is -0.308. The lowest BCUT2D eigenvalue weighted by molar-refractivity contribution is 0.101. The van der Waals surface area contributed by atoms with Gasteiger partial charge in [-0.3, -0.25) is 4.79 Å². The van der Waals surface area contributed by atoms with Crippen molar-refractivity contribution in [1.29, 1.82) is 0 Å². The molecule has 0 unspecified atom stereocenters. The third-order valence-corrected chi connectivity index (χ3v) is 3.28. The van der Waals surface area contributed by atoms with Crippen LogP contribution in [-0.4, -0.2) is 25.8 Å². The predicted octanol–water partition coefficient (Wildman–Crippen LogP) is 2.17. The van der Waals surface area contributed by atoms with Gasteiger partial charge in [0.05, 0.1) is 10.2 Å². The molecule has 1 aromatic carbocycles. The lowest BCUT2D eigenvalue weighted by Gasteiger charge is -2.05. The third kappa shape index (κ3) is 3.12. The fourth-order valence-corrected chi connectivity index (χ4v) is 2.04. The molecule has 0 saturated carbocycles. The topological polar surface area (TPSA) is 104 Å². The summed E-state index contributed by atoms with van der Waals surface area (Å²) in [7, 11) is 0. The Balaban J connectivity index is 1.74. The zero-order chi connectivity index (χ0) is 15.5. The molecule has 0 spiro atoms. The molecule has 0 radical (unpaired) electrons. The van der Waals surface area contributed by atoms with Crippen molar-refractivity contribution in [3.8, 4) is 11.3 Å². The average Bonchev–Trinajstić information content (AvgIpc) is 2.95. The number of amides is 1.